The van der Waals surface area contributed by atoms with E-state index < -0.39 is 41.7 Å². The number of pyridine rings is 1. The van der Waals surface area contributed by atoms with Crippen LogP contribution < -0.4 is 9.30 Å². The van der Waals surface area contributed by atoms with E-state index in [4.69, 9.17) is 13.8 Å². The molecule has 0 unspecified atom stereocenters. The zero-order chi connectivity index (χ0) is 55.9. The van der Waals surface area contributed by atoms with Gasteiger partial charge in [0.1, 0.15) is 5.82 Å². The number of hydrogen-bond acceptors (Lipinski definition) is 2. The van der Waals surface area contributed by atoms with Gasteiger partial charge in [-0.3, -0.25) is 4.57 Å². The molecule has 1 aliphatic heterocycles. The Morgan fingerprint density at radius 2 is 1.15 bits per heavy atom. The molecule has 0 saturated heterocycles. The third-order valence-electron chi connectivity index (χ3n) is 13.7. The van der Waals surface area contributed by atoms with E-state index in [1.807, 2.05) is 82.1 Å². The monoisotopic (exact) mass is 1120 g/mol. The van der Waals surface area contributed by atoms with Crippen molar-refractivity contribution >= 4 is 32.8 Å². The van der Waals surface area contributed by atoms with Gasteiger partial charge in [-0.05, 0) is 113 Å². The van der Waals surface area contributed by atoms with Crippen LogP contribution in [0.2, 0.25) is 0 Å². The number of fused-ring (bicyclic) bond motifs is 10. The molecular formula is C66H56N4OPt-2. The number of aromatic nitrogens is 4. The Balaban J connectivity index is 0.00000675. The zero-order valence-corrected chi connectivity index (χ0v) is 43.9. The average Bonchev–Trinajstić information content (AvgIpc) is 4.18. The maximum atomic E-state index is 9.80. The second kappa shape index (κ2) is 17.5. The SMILES string of the molecule is [2H]c1c([2H])c([2H])c2c(c1[2H])-c1cccc(-c3ccc(C(C)(C)C)cc3)c1-[n+]1[c-]n(-c3[c-]c(Oc4[c-]c5c(cc4)c4ccccc4n5-c4cc(C(C)(C)C)ccn4)ccc3)c3cc(C(C)(C)C)cc(c31)-c1c([2H])c([2H])c([2H])c([2H])c1-2.[Pt]. The largest absolute Gasteiger partial charge is 0.510 e. The van der Waals surface area contributed by atoms with Crippen molar-refractivity contribution in [2.24, 2.45) is 0 Å². The number of hydrogen-bond donors (Lipinski definition) is 0. The number of benzene rings is 8. The maximum absolute atomic E-state index is 9.80. The summed E-state index contributed by atoms with van der Waals surface area (Å²) in [5.41, 5.74) is 8.89. The van der Waals surface area contributed by atoms with Crippen LogP contribution in [0.1, 0.15) is 90.0 Å². The Hall–Kier alpha value is -7.33. The minimum absolute atomic E-state index is 0. The number of nitrogens with zero attached hydrogens (tertiary/aromatic N) is 4. The van der Waals surface area contributed by atoms with Crippen LogP contribution in [0.15, 0.2) is 176 Å². The molecule has 5 nitrogen and oxygen atoms in total. The molecular weight excluding hydrogens is 1060 g/mol. The van der Waals surface area contributed by atoms with E-state index in [1.54, 1.807) is 0 Å². The van der Waals surface area contributed by atoms with Gasteiger partial charge >= 0.3 is 0 Å². The van der Waals surface area contributed by atoms with Gasteiger partial charge in [0.25, 0.3) is 6.33 Å². The van der Waals surface area contributed by atoms with Crippen molar-refractivity contribution in [3.63, 3.8) is 0 Å². The summed E-state index contributed by atoms with van der Waals surface area (Å²) in [6.07, 6.45) is 5.57. The van der Waals surface area contributed by atoms with Crippen molar-refractivity contribution in [3.05, 3.63) is 211 Å². The van der Waals surface area contributed by atoms with Crippen LogP contribution in [0.25, 0.3) is 94.5 Å². The molecule has 0 bridgehead atoms. The molecule has 0 amide bonds. The van der Waals surface area contributed by atoms with Crippen LogP contribution in [0, 0.1) is 18.5 Å². The van der Waals surface area contributed by atoms with Crippen molar-refractivity contribution in [2.75, 3.05) is 0 Å². The fourth-order valence-corrected chi connectivity index (χ4v) is 9.89. The predicted molar refractivity (Wildman–Crippen MR) is 291 cm³/mol. The number of imidazole rings is 1. The molecule has 8 aromatic carbocycles. The normalized spacial score (nSPS) is 14.0. The Labute approximate surface area is 448 Å². The van der Waals surface area contributed by atoms with Crippen molar-refractivity contribution in [1.82, 2.24) is 14.1 Å². The maximum Gasteiger partial charge on any atom is 0.268 e. The van der Waals surface area contributed by atoms with E-state index in [1.165, 1.54) is 0 Å². The van der Waals surface area contributed by atoms with Gasteiger partial charge in [-0.25, -0.2) is 4.98 Å². The molecule has 4 heterocycles. The standard InChI is InChI=1S/C66H56N4O.Pt/c1-64(2,3)43-30-28-42(29-31-43)49-25-17-26-56-52-22-12-10-20-50(52)51-21-11-13-23-53(51)57-36-45(66(7,8)9)37-60-63(57)69(62(49)56)41-68(60)46-18-16-19-47(39-46)71-48-32-33-55-54-24-14-15-27-58(54)70(59(55)40-48)61-38-44(34-35-67-61)65(4,5)6;/h10-38H,1-9H3;/q-2;/i10D,11D,12D,13D,20D,21D,22D,23D;. The van der Waals surface area contributed by atoms with Crippen molar-refractivity contribution < 1.29 is 41.3 Å². The first kappa shape index (κ1) is 38.4. The predicted octanol–water partition coefficient (Wildman–Crippen LogP) is 16.5. The summed E-state index contributed by atoms with van der Waals surface area (Å²) in [4.78, 5) is 4.86. The molecule has 72 heavy (non-hydrogen) atoms. The number of ether oxygens (including phenoxy) is 1. The molecule has 1 aliphatic rings. The topological polar surface area (TPSA) is 35.9 Å². The first-order valence-corrected chi connectivity index (χ1v) is 24.1. The van der Waals surface area contributed by atoms with Crippen LogP contribution in [0.5, 0.6) is 11.5 Å². The van der Waals surface area contributed by atoms with Crippen LogP contribution in [-0.2, 0) is 37.3 Å². The summed E-state index contributed by atoms with van der Waals surface area (Å²) in [6.45, 7) is 19.3. The van der Waals surface area contributed by atoms with Crippen LogP contribution in [-0.4, -0.2) is 14.1 Å². The quantitative estimate of drug-likeness (QED) is 0.127. The Morgan fingerprint density at radius 3 is 1.85 bits per heavy atom. The number of para-hydroxylation sites is 2. The fraction of sp³-hybridized carbons (Fsp3) is 0.182. The van der Waals surface area contributed by atoms with Crippen LogP contribution in [0.4, 0.5) is 0 Å². The Morgan fingerprint density at radius 1 is 0.528 bits per heavy atom. The molecule has 6 heteroatoms. The second-order valence-electron chi connectivity index (χ2n) is 21.5. The average molecular weight is 1120 g/mol. The van der Waals surface area contributed by atoms with Crippen LogP contribution in [0.3, 0.4) is 0 Å². The Bertz CT molecular complexity index is 4390. The van der Waals surface area contributed by atoms with E-state index >= 15 is 0 Å². The molecule has 0 N–H and O–H groups in total. The molecule has 0 aliphatic carbocycles. The summed E-state index contributed by atoms with van der Waals surface area (Å²) >= 11 is 0. The van der Waals surface area contributed by atoms with E-state index in [-0.39, 0.29) is 66.2 Å². The summed E-state index contributed by atoms with van der Waals surface area (Å²) in [7, 11) is 0. The van der Waals surface area contributed by atoms with Crippen molar-refractivity contribution in [2.45, 2.75) is 78.6 Å². The molecule has 11 aromatic rings. The van der Waals surface area contributed by atoms with Crippen LogP contribution >= 0.6 is 0 Å². The first-order chi connectivity index (χ1) is 37.4. The van der Waals surface area contributed by atoms with Gasteiger partial charge in [-0.2, -0.15) is 18.2 Å². The van der Waals surface area contributed by atoms with Crippen molar-refractivity contribution in [3.8, 4) is 73.2 Å². The van der Waals surface area contributed by atoms with E-state index in [0.29, 0.717) is 45.0 Å². The minimum Gasteiger partial charge on any atom is -0.510 e. The first-order valence-electron chi connectivity index (χ1n) is 28.1. The van der Waals surface area contributed by atoms with Gasteiger partial charge in [0.05, 0.1) is 27.7 Å². The van der Waals surface area contributed by atoms with E-state index in [9.17, 15) is 6.85 Å². The molecule has 0 fully saturated rings. The molecule has 0 radical (unpaired) electrons. The fourth-order valence-electron chi connectivity index (χ4n) is 9.89. The van der Waals surface area contributed by atoms with Gasteiger partial charge in [0, 0.05) is 44.3 Å². The molecule has 0 spiro atoms. The summed E-state index contributed by atoms with van der Waals surface area (Å²) in [5, 5.41) is 2.05. The second-order valence-corrected chi connectivity index (χ2v) is 21.5. The summed E-state index contributed by atoms with van der Waals surface area (Å²) in [6, 6.07) is 43.6. The zero-order valence-electron chi connectivity index (χ0n) is 49.6. The molecule has 0 saturated carbocycles. The van der Waals surface area contributed by atoms with Gasteiger partial charge in [0.15, 0.2) is 0 Å². The molecule has 12 rings (SSSR count). The van der Waals surface area contributed by atoms with Gasteiger partial charge in [-0.1, -0.05) is 183 Å². The smallest absolute Gasteiger partial charge is 0.268 e. The minimum atomic E-state index is -0.523. The van der Waals surface area contributed by atoms with Gasteiger partial charge in [-0.15, -0.1) is 29.7 Å². The van der Waals surface area contributed by atoms with Crippen molar-refractivity contribution in [1.29, 1.82) is 0 Å². The van der Waals surface area contributed by atoms with Gasteiger partial charge in [0.2, 0.25) is 0 Å². The molecule has 3 aromatic heterocycles. The third-order valence-corrected chi connectivity index (χ3v) is 13.7. The van der Waals surface area contributed by atoms with Gasteiger partial charge < -0.3 is 13.9 Å². The number of rotatable bonds is 5. The van der Waals surface area contributed by atoms with E-state index in [2.05, 4.69) is 140 Å². The summed E-state index contributed by atoms with van der Waals surface area (Å²) < 4.78 is 87.9. The third kappa shape index (κ3) is 7.99. The molecule has 358 valence electrons. The molecule has 0 atom stereocenters. The Kier molecular flexibility index (Phi) is 9.30. The summed E-state index contributed by atoms with van der Waals surface area (Å²) in [5.74, 6) is 1.62. The van der Waals surface area contributed by atoms with E-state index in [0.717, 1.165) is 55.4 Å².